The summed E-state index contributed by atoms with van der Waals surface area (Å²) in [5.74, 6) is 0.973. The summed E-state index contributed by atoms with van der Waals surface area (Å²) < 4.78 is 5.43. The lowest BCUT2D eigenvalue weighted by atomic mass is 10.2. The Morgan fingerprint density at radius 3 is 2.66 bits per heavy atom. The molecule has 0 bridgehead atoms. The van der Waals surface area contributed by atoms with E-state index in [2.05, 4.69) is 25.3 Å². The number of carbonyl (C=O) groups excluding carboxylic acids is 1. The third-order valence-electron chi connectivity index (χ3n) is 4.85. The molecule has 0 saturated carbocycles. The Kier molecular flexibility index (Phi) is 6.00. The number of aromatic nitrogens is 4. The Bertz CT molecular complexity index is 1010. The predicted molar refractivity (Wildman–Crippen MR) is 120 cm³/mol. The van der Waals surface area contributed by atoms with E-state index >= 15 is 0 Å². The summed E-state index contributed by atoms with van der Waals surface area (Å²) in [5, 5.41) is 13.8. The number of likely N-dealkylation sites (tertiary alicyclic amines) is 1. The minimum atomic E-state index is -0.766. The zero-order valence-corrected chi connectivity index (χ0v) is 18.3. The van der Waals surface area contributed by atoms with Crippen molar-refractivity contribution < 1.29 is 14.6 Å². The third kappa shape index (κ3) is 5.17. The number of nitrogens with zero attached hydrogens (tertiary/aromatic N) is 5. The number of hydrogen-bond donors (Lipinski definition) is 2. The first-order valence-corrected chi connectivity index (χ1v) is 10.4. The van der Waals surface area contributed by atoms with Crippen molar-refractivity contribution in [3.05, 3.63) is 55.0 Å². The normalized spacial score (nSPS) is 18.4. The lowest BCUT2D eigenvalue weighted by Crippen LogP contribution is -2.36. The van der Waals surface area contributed by atoms with Crippen LogP contribution >= 0.6 is 0 Å². The van der Waals surface area contributed by atoms with Gasteiger partial charge in [-0.25, -0.2) is 14.8 Å². The molecular formula is C23H26N6O3. The van der Waals surface area contributed by atoms with Gasteiger partial charge in [-0.3, -0.25) is 9.97 Å². The van der Waals surface area contributed by atoms with Gasteiger partial charge in [0.2, 0.25) is 0 Å². The van der Waals surface area contributed by atoms with Gasteiger partial charge in [-0.1, -0.05) is 6.07 Å². The van der Waals surface area contributed by atoms with E-state index in [0.717, 1.165) is 5.56 Å². The van der Waals surface area contributed by atoms with Gasteiger partial charge in [0, 0.05) is 36.8 Å². The van der Waals surface area contributed by atoms with Crippen molar-refractivity contribution in [1.29, 1.82) is 0 Å². The second-order valence-corrected chi connectivity index (χ2v) is 8.62. The number of nitrogens with one attached hydrogen (secondary N) is 1. The molecule has 0 aromatic carbocycles. The van der Waals surface area contributed by atoms with Crippen LogP contribution in [0.5, 0.6) is 0 Å². The Morgan fingerprint density at radius 1 is 1.12 bits per heavy atom. The van der Waals surface area contributed by atoms with Crippen molar-refractivity contribution in [2.45, 2.75) is 38.5 Å². The van der Waals surface area contributed by atoms with Gasteiger partial charge in [-0.05, 0) is 45.0 Å². The van der Waals surface area contributed by atoms with Crippen LogP contribution < -0.4 is 5.32 Å². The molecule has 3 aromatic heterocycles. The largest absolute Gasteiger partial charge is 0.444 e. The maximum atomic E-state index is 12.4. The van der Waals surface area contributed by atoms with Crippen LogP contribution in [-0.2, 0) is 4.74 Å². The molecule has 0 unspecified atom stereocenters. The quantitative estimate of drug-likeness (QED) is 0.644. The van der Waals surface area contributed by atoms with E-state index in [9.17, 15) is 9.90 Å². The van der Waals surface area contributed by atoms with Gasteiger partial charge in [0.25, 0.3) is 0 Å². The van der Waals surface area contributed by atoms with Crippen molar-refractivity contribution in [3.8, 4) is 22.8 Å². The zero-order chi connectivity index (χ0) is 22.7. The highest BCUT2D eigenvalue weighted by molar-refractivity contribution is 5.69. The molecule has 4 rings (SSSR count). The number of pyridine rings is 2. The van der Waals surface area contributed by atoms with Gasteiger partial charge in [-0.15, -0.1) is 0 Å². The van der Waals surface area contributed by atoms with Crippen LogP contribution in [0.15, 0.2) is 55.0 Å². The zero-order valence-electron chi connectivity index (χ0n) is 18.3. The average molecular weight is 435 g/mol. The molecule has 2 N–H and O–H groups in total. The van der Waals surface area contributed by atoms with Crippen molar-refractivity contribution in [2.75, 3.05) is 18.4 Å². The van der Waals surface area contributed by atoms with Crippen molar-refractivity contribution >= 4 is 11.9 Å². The number of hydrogen-bond acceptors (Lipinski definition) is 8. The minimum Gasteiger partial charge on any atom is -0.444 e. The van der Waals surface area contributed by atoms with Gasteiger partial charge in [-0.2, -0.15) is 0 Å². The molecule has 3 aromatic rings. The lowest BCUT2D eigenvalue weighted by Gasteiger charge is -2.24. The smallest absolute Gasteiger partial charge is 0.410 e. The van der Waals surface area contributed by atoms with Gasteiger partial charge in [0.15, 0.2) is 5.82 Å². The summed E-state index contributed by atoms with van der Waals surface area (Å²) in [5.41, 5.74) is 1.53. The molecule has 1 aliphatic rings. The Morgan fingerprint density at radius 2 is 1.97 bits per heavy atom. The number of amides is 1. The molecule has 9 heteroatoms. The van der Waals surface area contributed by atoms with Crippen molar-refractivity contribution in [3.63, 3.8) is 0 Å². The van der Waals surface area contributed by atoms with E-state index in [-0.39, 0.29) is 6.54 Å². The maximum Gasteiger partial charge on any atom is 0.410 e. The molecule has 1 amide bonds. The Balaban J connectivity index is 1.60. The molecule has 0 aliphatic carbocycles. The van der Waals surface area contributed by atoms with Crippen molar-refractivity contribution in [2.24, 2.45) is 0 Å². The average Bonchev–Trinajstić information content (AvgIpc) is 3.14. The van der Waals surface area contributed by atoms with Gasteiger partial charge in [0.1, 0.15) is 17.1 Å². The second-order valence-electron chi connectivity index (χ2n) is 8.62. The van der Waals surface area contributed by atoms with Gasteiger partial charge in [0.05, 0.1) is 24.4 Å². The number of rotatable bonds is 4. The first-order valence-electron chi connectivity index (χ1n) is 10.4. The van der Waals surface area contributed by atoms with Crippen LogP contribution in [0, 0.1) is 0 Å². The van der Waals surface area contributed by atoms with Crippen LogP contribution in [0.4, 0.5) is 10.6 Å². The number of aliphatic hydroxyl groups is 1. The molecule has 1 aliphatic heterocycles. The summed E-state index contributed by atoms with van der Waals surface area (Å²) in [4.78, 5) is 31.7. The van der Waals surface area contributed by atoms with E-state index in [1.165, 1.54) is 4.90 Å². The third-order valence-corrected chi connectivity index (χ3v) is 4.85. The fourth-order valence-electron chi connectivity index (χ4n) is 3.39. The van der Waals surface area contributed by atoms with E-state index in [1.54, 1.807) is 24.7 Å². The standard InChI is InChI=1S/C23H26N6O3/c1-23(2,3)32-22(31)29-13-18(19(30)14-29)26-20-11-17(15-7-6-9-24-12-15)27-21(28-20)16-8-4-5-10-25-16/h4-12,18-19,30H,13-14H2,1-3H3,(H,26,27,28)/t18-,19+/m0/s1. The van der Waals surface area contributed by atoms with Crippen LogP contribution in [0.25, 0.3) is 22.8 Å². The van der Waals surface area contributed by atoms with Crippen LogP contribution in [0.1, 0.15) is 20.8 Å². The first kappa shape index (κ1) is 21.6. The fraction of sp³-hybridized carbons (Fsp3) is 0.348. The van der Waals surface area contributed by atoms with E-state index < -0.39 is 23.8 Å². The molecule has 9 nitrogen and oxygen atoms in total. The molecule has 32 heavy (non-hydrogen) atoms. The summed E-state index contributed by atoms with van der Waals surface area (Å²) >= 11 is 0. The van der Waals surface area contributed by atoms with E-state index in [4.69, 9.17) is 4.74 Å². The van der Waals surface area contributed by atoms with Crippen LogP contribution in [-0.4, -0.2) is 66.9 Å². The highest BCUT2D eigenvalue weighted by atomic mass is 16.6. The van der Waals surface area contributed by atoms with Gasteiger partial charge < -0.3 is 20.1 Å². The van der Waals surface area contributed by atoms with Crippen LogP contribution in [0.3, 0.4) is 0 Å². The predicted octanol–water partition coefficient (Wildman–Crippen LogP) is 2.99. The Labute approximate surface area is 186 Å². The second kappa shape index (κ2) is 8.88. The molecule has 1 saturated heterocycles. The molecule has 1 fully saturated rings. The maximum absolute atomic E-state index is 12.4. The summed E-state index contributed by atoms with van der Waals surface area (Å²) in [6, 6.07) is 10.7. The highest BCUT2D eigenvalue weighted by Crippen LogP contribution is 2.25. The summed E-state index contributed by atoms with van der Waals surface area (Å²) in [6.07, 6.45) is 3.89. The molecule has 2 atom stereocenters. The number of β-amino-alcohol motifs (C(OH)–C–C–N with tert-alkyl or cyclic N) is 1. The van der Waals surface area contributed by atoms with E-state index in [1.807, 2.05) is 51.1 Å². The van der Waals surface area contributed by atoms with Crippen molar-refractivity contribution in [1.82, 2.24) is 24.8 Å². The fourth-order valence-corrected chi connectivity index (χ4v) is 3.39. The first-order chi connectivity index (χ1) is 15.3. The number of aliphatic hydroxyl groups excluding tert-OH is 1. The number of carbonyl (C=O) groups is 1. The van der Waals surface area contributed by atoms with E-state index in [0.29, 0.717) is 29.6 Å². The topological polar surface area (TPSA) is 113 Å². The molecule has 166 valence electrons. The number of anilines is 1. The summed E-state index contributed by atoms with van der Waals surface area (Å²) in [7, 11) is 0. The summed E-state index contributed by atoms with van der Waals surface area (Å²) in [6.45, 7) is 5.91. The number of ether oxygens (including phenoxy) is 1. The lowest BCUT2D eigenvalue weighted by molar-refractivity contribution is 0.0270. The molecular weight excluding hydrogens is 408 g/mol. The van der Waals surface area contributed by atoms with Gasteiger partial charge >= 0.3 is 6.09 Å². The monoisotopic (exact) mass is 434 g/mol. The minimum absolute atomic E-state index is 0.181. The molecule has 0 radical (unpaired) electrons. The van der Waals surface area contributed by atoms with Crippen LogP contribution in [0.2, 0.25) is 0 Å². The highest BCUT2D eigenvalue weighted by Gasteiger charge is 2.36. The molecule has 4 heterocycles. The SMILES string of the molecule is CC(C)(C)OC(=O)N1C[C@@H](O)[C@@H](Nc2cc(-c3cccnc3)nc(-c3ccccn3)n2)C1. The molecule has 0 spiro atoms. The Hall–Kier alpha value is -3.59.